The molecular weight excluding hydrogens is 234 g/mol. The van der Waals surface area contributed by atoms with Crippen LogP contribution in [0.2, 0.25) is 0 Å². The predicted octanol–water partition coefficient (Wildman–Crippen LogP) is 2.35. The number of aliphatic hydroxyl groups is 1. The summed E-state index contributed by atoms with van der Waals surface area (Å²) >= 11 is 1.60. The highest BCUT2D eigenvalue weighted by atomic mass is 32.1. The Morgan fingerprint density at radius 2 is 2.35 bits per heavy atom. The molecule has 1 aromatic rings. The Morgan fingerprint density at radius 3 is 2.82 bits per heavy atom. The maximum Gasteiger partial charge on any atom is 0.244 e. The Hall–Kier alpha value is -1.13. The second kappa shape index (κ2) is 5.98. The second-order valence-corrected chi connectivity index (χ2v) is 5.31. The van der Waals surface area contributed by atoms with Crippen LogP contribution < -0.4 is 5.32 Å². The van der Waals surface area contributed by atoms with Crippen molar-refractivity contribution < 1.29 is 9.90 Å². The van der Waals surface area contributed by atoms with Crippen molar-refractivity contribution in [1.29, 1.82) is 0 Å². The molecule has 4 heteroatoms. The van der Waals surface area contributed by atoms with Crippen LogP contribution in [0.1, 0.15) is 30.7 Å². The molecule has 1 atom stereocenters. The van der Waals surface area contributed by atoms with Gasteiger partial charge in [-0.3, -0.25) is 4.79 Å². The van der Waals surface area contributed by atoms with Gasteiger partial charge in [0.1, 0.15) is 0 Å². The normalized spacial score (nSPS) is 14.8. The van der Waals surface area contributed by atoms with Crippen molar-refractivity contribution in [1.82, 2.24) is 5.32 Å². The second-order valence-electron chi connectivity index (χ2n) is 4.36. The van der Waals surface area contributed by atoms with Crippen molar-refractivity contribution in [3.05, 3.63) is 28.0 Å². The summed E-state index contributed by atoms with van der Waals surface area (Å²) in [6.45, 7) is 5.72. The Kier molecular flexibility index (Phi) is 4.90. The van der Waals surface area contributed by atoms with Crippen molar-refractivity contribution >= 4 is 23.3 Å². The Labute approximate surface area is 106 Å². The molecule has 0 aliphatic heterocycles. The number of aryl methyl sites for hydroxylation is 1. The molecule has 0 fully saturated rings. The first-order chi connectivity index (χ1) is 8.00. The minimum atomic E-state index is -0.536. The molecule has 0 aliphatic carbocycles. The van der Waals surface area contributed by atoms with Gasteiger partial charge in [0.25, 0.3) is 0 Å². The summed E-state index contributed by atoms with van der Waals surface area (Å²) < 4.78 is 0. The van der Waals surface area contributed by atoms with E-state index in [1.807, 2.05) is 38.3 Å². The molecule has 94 valence electrons. The van der Waals surface area contributed by atoms with Crippen LogP contribution >= 0.6 is 11.3 Å². The maximum absolute atomic E-state index is 11.7. The van der Waals surface area contributed by atoms with Crippen LogP contribution in [0.4, 0.5) is 0 Å². The van der Waals surface area contributed by atoms with E-state index in [4.69, 9.17) is 0 Å². The number of nitrogens with one attached hydrogen (secondary N) is 1. The van der Waals surface area contributed by atoms with Gasteiger partial charge in [-0.05, 0) is 43.4 Å². The average molecular weight is 253 g/mol. The molecule has 0 saturated carbocycles. The molecule has 0 bridgehead atoms. The van der Waals surface area contributed by atoms with Crippen LogP contribution in [0.3, 0.4) is 0 Å². The first kappa shape index (κ1) is 13.9. The lowest BCUT2D eigenvalue weighted by Gasteiger charge is -2.26. The number of hydrogen-bond donors (Lipinski definition) is 2. The lowest BCUT2D eigenvalue weighted by Crippen LogP contribution is -2.47. The number of aliphatic hydroxyl groups excluding tert-OH is 1. The maximum atomic E-state index is 11.7. The number of thiophene rings is 1. The standard InChI is InChI=1S/C13H19NO2S/c1-4-13(3,9-15)14-12(16)6-5-11-10(2)7-8-17-11/h5-8,15H,4,9H2,1-3H3,(H,14,16). The Bertz CT molecular complexity index is 405. The number of rotatable bonds is 5. The molecule has 0 aliphatic rings. The smallest absolute Gasteiger partial charge is 0.244 e. The fraction of sp³-hybridized carbons (Fsp3) is 0.462. The van der Waals surface area contributed by atoms with Gasteiger partial charge in [0, 0.05) is 11.0 Å². The summed E-state index contributed by atoms with van der Waals surface area (Å²) in [5.41, 5.74) is 0.630. The highest BCUT2D eigenvalue weighted by Crippen LogP contribution is 2.17. The van der Waals surface area contributed by atoms with E-state index in [0.29, 0.717) is 6.42 Å². The van der Waals surface area contributed by atoms with Crippen molar-refractivity contribution in [3.63, 3.8) is 0 Å². The molecule has 1 aromatic heterocycles. The highest BCUT2D eigenvalue weighted by Gasteiger charge is 2.21. The summed E-state index contributed by atoms with van der Waals surface area (Å²) in [5, 5.41) is 14.0. The fourth-order valence-corrected chi connectivity index (χ4v) is 2.10. The van der Waals surface area contributed by atoms with E-state index in [2.05, 4.69) is 5.32 Å². The van der Waals surface area contributed by atoms with Gasteiger partial charge in [-0.25, -0.2) is 0 Å². The molecule has 2 N–H and O–H groups in total. The lowest BCUT2D eigenvalue weighted by atomic mass is 10.0. The summed E-state index contributed by atoms with van der Waals surface area (Å²) in [6.07, 6.45) is 4.02. The summed E-state index contributed by atoms with van der Waals surface area (Å²) in [4.78, 5) is 12.8. The number of hydrogen-bond acceptors (Lipinski definition) is 3. The Morgan fingerprint density at radius 1 is 1.65 bits per heavy atom. The molecule has 1 unspecified atom stereocenters. The van der Waals surface area contributed by atoms with E-state index in [-0.39, 0.29) is 12.5 Å². The number of amides is 1. The minimum absolute atomic E-state index is 0.0545. The minimum Gasteiger partial charge on any atom is -0.394 e. The van der Waals surface area contributed by atoms with Gasteiger partial charge in [-0.1, -0.05) is 6.92 Å². The summed E-state index contributed by atoms with van der Waals surface area (Å²) in [5.74, 6) is -0.170. The quantitative estimate of drug-likeness (QED) is 0.791. The van der Waals surface area contributed by atoms with Crippen molar-refractivity contribution in [3.8, 4) is 0 Å². The van der Waals surface area contributed by atoms with Gasteiger partial charge in [-0.15, -0.1) is 11.3 Å². The van der Waals surface area contributed by atoms with Crippen molar-refractivity contribution in [2.75, 3.05) is 6.61 Å². The van der Waals surface area contributed by atoms with E-state index in [0.717, 1.165) is 4.88 Å². The molecular formula is C13H19NO2S. The topological polar surface area (TPSA) is 49.3 Å². The third-order valence-electron chi connectivity index (χ3n) is 2.84. The first-order valence-corrected chi connectivity index (χ1v) is 6.54. The van der Waals surface area contributed by atoms with Gasteiger partial charge < -0.3 is 10.4 Å². The number of carbonyl (C=O) groups excluding carboxylic acids is 1. The van der Waals surface area contributed by atoms with Crippen LogP contribution in [-0.2, 0) is 4.79 Å². The fourth-order valence-electron chi connectivity index (χ4n) is 1.29. The molecule has 1 heterocycles. The third kappa shape index (κ3) is 3.98. The molecule has 1 rings (SSSR count). The van der Waals surface area contributed by atoms with Crippen LogP contribution in [0.15, 0.2) is 17.5 Å². The zero-order valence-corrected chi connectivity index (χ0v) is 11.3. The van der Waals surface area contributed by atoms with Gasteiger partial charge in [-0.2, -0.15) is 0 Å². The van der Waals surface area contributed by atoms with E-state index >= 15 is 0 Å². The van der Waals surface area contributed by atoms with E-state index in [1.165, 1.54) is 11.6 Å². The monoisotopic (exact) mass is 253 g/mol. The Balaban J connectivity index is 2.61. The largest absolute Gasteiger partial charge is 0.394 e. The van der Waals surface area contributed by atoms with Gasteiger partial charge in [0.05, 0.1) is 12.1 Å². The van der Waals surface area contributed by atoms with Crippen LogP contribution in [0.5, 0.6) is 0 Å². The zero-order chi connectivity index (χ0) is 12.9. The number of carbonyl (C=O) groups is 1. The summed E-state index contributed by atoms with van der Waals surface area (Å²) in [6, 6.07) is 2.02. The van der Waals surface area contributed by atoms with Crippen molar-refractivity contribution in [2.24, 2.45) is 0 Å². The third-order valence-corrected chi connectivity index (χ3v) is 3.83. The lowest BCUT2D eigenvalue weighted by molar-refractivity contribution is -0.118. The molecule has 17 heavy (non-hydrogen) atoms. The van der Waals surface area contributed by atoms with Crippen LogP contribution in [-0.4, -0.2) is 23.2 Å². The van der Waals surface area contributed by atoms with Crippen LogP contribution in [0.25, 0.3) is 6.08 Å². The first-order valence-electron chi connectivity index (χ1n) is 5.66. The molecule has 0 radical (unpaired) electrons. The highest BCUT2D eigenvalue weighted by molar-refractivity contribution is 7.11. The van der Waals surface area contributed by atoms with E-state index in [9.17, 15) is 9.90 Å². The SMILES string of the molecule is CCC(C)(CO)NC(=O)C=Cc1sccc1C. The van der Waals surface area contributed by atoms with Crippen LogP contribution in [0, 0.1) is 6.92 Å². The van der Waals surface area contributed by atoms with Gasteiger partial charge in [0.15, 0.2) is 0 Å². The van der Waals surface area contributed by atoms with E-state index < -0.39 is 5.54 Å². The van der Waals surface area contributed by atoms with Gasteiger partial charge in [0.2, 0.25) is 5.91 Å². The molecule has 0 saturated heterocycles. The summed E-state index contributed by atoms with van der Waals surface area (Å²) in [7, 11) is 0. The molecule has 1 amide bonds. The molecule has 3 nitrogen and oxygen atoms in total. The van der Waals surface area contributed by atoms with Crippen molar-refractivity contribution in [2.45, 2.75) is 32.7 Å². The zero-order valence-electron chi connectivity index (χ0n) is 10.5. The predicted molar refractivity (Wildman–Crippen MR) is 72.0 cm³/mol. The molecule has 0 aromatic carbocycles. The van der Waals surface area contributed by atoms with E-state index in [1.54, 1.807) is 11.3 Å². The van der Waals surface area contributed by atoms with Gasteiger partial charge >= 0.3 is 0 Å². The average Bonchev–Trinajstić information content (AvgIpc) is 2.72. The molecule has 0 spiro atoms.